The molecule has 0 aromatic heterocycles. The van der Waals surface area contributed by atoms with Gasteiger partial charge in [0.15, 0.2) is 0 Å². The Morgan fingerprint density at radius 2 is 2.60 bits per heavy atom. The van der Waals surface area contributed by atoms with E-state index in [9.17, 15) is 0 Å². The summed E-state index contributed by atoms with van der Waals surface area (Å²) in [7, 11) is 0. The van der Waals surface area contributed by atoms with E-state index in [1.165, 1.54) is 0 Å². The van der Waals surface area contributed by atoms with Gasteiger partial charge < -0.3 is 4.74 Å². The molecule has 0 aliphatic carbocycles. The third-order valence-electron chi connectivity index (χ3n) is 0.300. The molecule has 0 radical (unpaired) electrons. The molecule has 0 aromatic rings. The average Bonchev–Trinajstić information content (AvgIpc) is 1.90. The maximum absolute atomic E-state index is 7.09. The largest absolute Gasteiger partial charge is 0.381 e. The Kier molecular flexibility index (Phi) is 0.153. The molecule has 0 N–H and O–H groups in total. The molecule has 30 valence electrons. The van der Waals surface area contributed by atoms with E-state index in [0.29, 0.717) is 0 Å². The van der Waals surface area contributed by atoms with E-state index in [2.05, 4.69) is 4.74 Å². The van der Waals surface area contributed by atoms with Crippen LogP contribution in [0.2, 0.25) is 0 Å². The molecule has 1 heterocycles. The molecule has 0 aromatic carbocycles. The molecule has 1 aliphatic heterocycles. The Balaban J connectivity index is 3.05. The Bertz CT molecular complexity index is 200. The van der Waals surface area contributed by atoms with Crippen molar-refractivity contribution in [2.45, 2.75) is 12.8 Å². The highest BCUT2D eigenvalue weighted by atomic mass is 16.5. The molecule has 1 saturated heterocycles. The number of hydrogen-bond acceptors (Lipinski definition) is 1. The third kappa shape index (κ3) is 0.618. The molecule has 1 nitrogen and oxygen atoms in total. The summed E-state index contributed by atoms with van der Waals surface area (Å²) in [5, 5.41) is 0. The first-order valence-electron chi connectivity index (χ1n) is 4.81. The summed E-state index contributed by atoms with van der Waals surface area (Å²) in [6.45, 7) is -5.30. The van der Waals surface area contributed by atoms with Gasteiger partial charge in [-0.2, -0.15) is 0 Å². The second-order valence-corrected chi connectivity index (χ2v) is 0.611. The van der Waals surface area contributed by atoms with Gasteiger partial charge in [0.25, 0.3) is 0 Å². The highest BCUT2D eigenvalue weighted by Gasteiger charge is 1.94. The predicted octanol–water partition coefficient (Wildman–Crippen LogP) is 0.797. The molecule has 1 atom stereocenters. The second kappa shape index (κ2) is 1.41. The van der Waals surface area contributed by atoms with Crippen molar-refractivity contribution in [1.82, 2.24) is 0 Å². The van der Waals surface area contributed by atoms with Crippen LogP contribution in [-0.2, 0) is 4.74 Å². The molecular formula is C4H8O. The predicted molar refractivity (Wildman–Crippen MR) is 20.1 cm³/mol. The summed E-state index contributed by atoms with van der Waals surface area (Å²) in [5.74, 6) is 0. The summed E-state index contributed by atoms with van der Waals surface area (Å²) in [4.78, 5) is 0. The van der Waals surface area contributed by atoms with Crippen LogP contribution in [0.4, 0.5) is 0 Å². The first-order chi connectivity index (χ1) is 5.11. The van der Waals surface area contributed by atoms with Gasteiger partial charge in [0.1, 0.15) is 0 Å². The normalized spacial score (nSPS) is 89.6. The lowest BCUT2D eigenvalue weighted by molar-refractivity contribution is 0.198. The van der Waals surface area contributed by atoms with Crippen LogP contribution in [-0.4, -0.2) is 13.1 Å². The number of rotatable bonds is 0. The molecule has 0 spiro atoms. The summed E-state index contributed by atoms with van der Waals surface area (Å²) in [6.07, 6.45) is -4.48. The maximum atomic E-state index is 7.09. The molecule has 1 heteroatoms. The van der Waals surface area contributed by atoms with Crippen molar-refractivity contribution in [3.8, 4) is 0 Å². The molecule has 5 heavy (non-hydrogen) atoms. The van der Waals surface area contributed by atoms with Crippen LogP contribution in [0.5, 0.6) is 0 Å². The molecule has 0 saturated carbocycles. The van der Waals surface area contributed by atoms with Crippen LogP contribution in [0.3, 0.4) is 0 Å². The van der Waals surface area contributed by atoms with E-state index < -0.39 is 25.9 Å². The summed E-state index contributed by atoms with van der Waals surface area (Å²) in [5.41, 5.74) is 0. The van der Waals surface area contributed by atoms with Gasteiger partial charge in [-0.05, 0) is 12.8 Å². The highest BCUT2D eigenvalue weighted by molar-refractivity contribution is 4.43. The SMILES string of the molecule is [2H]C1C([2H])([2H])OC([2H])([2H])C1([2H])[2H]. The summed E-state index contributed by atoms with van der Waals surface area (Å²) >= 11 is 0. The van der Waals surface area contributed by atoms with Gasteiger partial charge in [0.2, 0.25) is 0 Å². The Morgan fingerprint density at radius 3 is 2.80 bits per heavy atom. The Morgan fingerprint density at radius 1 is 1.60 bits per heavy atom. The topological polar surface area (TPSA) is 9.23 Å². The zero-order valence-corrected chi connectivity index (χ0v) is 2.49. The van der Waals surface area contributed by atoms with Crippen molar-refractivity contribution in [3.05, 3.63) is 0 Å². The summed E-state index contributed by atoms with van der Waals surface area (Å²) in [6, 6.07) is 0. The van der Waals surface area contributed by atoms with Crippen LogP contribution >= 0.6 is 0 Å². The van der Waals surface area contributed by atoms with E-state index >= 15 is 0 Å². The quantitative estimate of drug-likeness (QED) is 0.417. The van der Waals surface area contributed by atoms with Gasteiger partial charge in [-0.1, -0.05) is 0 Å². The lowest BCUT2D eigenvalue weighted by Crippen LogP contribution is -1.74. The second-order valence-electron chi connectivity index (χ2n) is 0.611. The van der Waals surface area contributed by atoms with E-state index in [4.69, 9.17) is 9.60 Å². The minimum atomic E-state index is -2.73. The molecule has 1 unspecified atom stereocenters. The van der Waals surface area contributed by atoms with Crippen LogP contribution in [0.25, 0.3) is 0 Å². The van der Waals surface area contributed by atoms with Crippen LogP contribution < -0.4 is 0 Å². The van der Waals surface area contributed by atoms with E-state index in [1.54, 1.807) is 0 Å². The first kappa shape index (κ1) is 0.544. The highest BCUT2D eigenvalue weighted by Crippen LogP contribution is 1.98. The number of ether oxygens (including phenoxy) is 1. The van der Waals surface area contributed by atoms with Crippen LogP contribution in [0, 0.1) is 0 Å². The lowest BCUT2D eigenvalue weighted by atomic mass is 10.4. The molecule has 0 amide bonds. The van der Waals surface area contributed by atoms with Gasteiger partial charge in [-0.15, -0.1) is 0 Å². The Hall–Kier alpha value is -0.0400. The fourth-order valence-electron chi connectivity index (χ4n) is 0.147. The zero-order chi connectivity index (χ0) is 9.78. The maximum Gasteiger partial charge on any atom is 0.0567 e. The van der Waals surface area contributed by atoms with Crippen molar-refractivity contribution in [2.75, 3.05) is 13.1 Å². The van der Waals surface area contributed by atoms with Crippen molar-refractivity contribution >= 4 is 0 Å². The van der Waals surface area contributed by atoms with E-state index in [-0.39, 0.29) is 0 Å². The monoisotopic (exact) mass is 79.1 g/mol. The molecule has 0 bridgehead atoms. The first-order valence-corrected chi connectivity index (χ1v) is 1.24. The average molecular weight is 79.1 g/mol. The van der Waals surface area contributed by atoms with Gasteiger partial charge in [0, 0.05) is 17.2 Å². The fraction of sp³-hybridized carbons (Fsp3) is 1.00. The van der Waals surface area contributed by atoms with Crippen molar-refractivity contribution < 1.29 is 14.3 Å². The minimum Gasteiger partial charge on any atom is -0.381 e. The van der Waals surface area contributed by atoms with Gasteiger partial charge in [-0.25, -0.2) is 0 Å². The van der Waals surface area contributed by atoms with Crippen molar-refractivity contribution in [2.24, 2.45) is 0 Å². The van der Waals surface area contributed by atoms with Crippen molar-refractivity contribution in [3.63, 3.8) is 0 Å². The van der Waals surface area contributed by atoms with Gasteiger partial charge in [-0.3, -0.25) is 0 Å². The molecule has 1 rings (SSSR count). The zero-order valence-electron chi connectivity index (χ0n) is 9.49. The smallest absolute Gasteiger partial charge is 0.0567 e. The fourth-order valence-corrected chi connectivity index (χ4v) is 0.147. The lowest BCUT2D eigenvalue weighted by Gasteiger charge is -1.76. The molecule has 1 aliphatic rings. The molecule has 1 fully saturated rings. The van der Waals surface area contributed by atoms with E-state index in [1.807, 2.05) is 0 Å². The third-order valence-corrected chi connectivity index (χ3v) is 0.300. The van der Waals surface area contributed by atoms with Crippen LogP contribution in [0.1, 0.15) is 22.4 Å². The van der Waals surface area contributed by atoms with E-state index in [0.717, 1.165) is 0 Å². The minimum absolute atomic E-state index is 1.86. The van der Waals surface area contributed by atoms with Crippen LogP contribution in [0.15, 0.2) is 0 Å². The Labute approximate surface area is 41.8 Å². The standard InChI is InChI=1S/C4H8O/c1-2-4-5-3-1/h1-4H2/i1D,2D2,3D2,4D2. The van der Waals surface area contributed by atoms with Crippen molar-refractivity contribution in [1.29, 1.82) is 0 Å². The molecular weight excluding hydrogens is 64.0 g/mol. The van der Waals surface area contributed by atoms with Gasteiger partial charge in [0.05, 0.1) is 5.48 Å². The van der Waals surface area contributed by atoms with Gasteiger partial charge >= 0.3 is 0 Å². The summed E-state index contributed by atoms with van der Waals surface area (Å²) < 4.78 is 53.4. The number of hydrogen-bond donors (Lipinski definition) is 0.